The second-order valence-electron chi connectivity index (χ2n) is 4.27. The van der Waals surface area contributed by atoms with Gasteiger partial charge in [-0.2, -0.15) is 0 Å². The van der Waals surface area contributed by atoms with Crippen LogP contribution in [0.25, 0.3) is 0 Å². The van der Waals surface area contributed by atoms with Crippen LogP contribution in [0, 0.1) is 10.1 Å². The van der Waals surface area contributed by atoms with Crippen molar-refractivity contribution < 1.29 is 9.66 Å². The highest BCUT2D eigenvalue weighted by atomic mass is 16.6. The summed E-state index contributed by atoms with van der Waals surface area (Å²) < 4.78 is 6.41. The van der Waals surface area contributed by atoms with Crippen molar-refractivity contribution in [1.29, 1.82) is 0 Å². The van der Waals surface area contributed by atoms with Crippen LogP contribution in [-0.2, 0) is 13.0 Å². The van der Waals surface area contributed by atoms with Gasteiger partial charge in [0.1, 0.15) is 5.75 Å². The molecule has 0 atom stereocenters. The van der Waals surface area contributed by atoms with Crippen LogP contribution in [0.3, 0.4) is 0 Å². The number of nitrogens with zero attached hydrogens (tertiary/aromatic N) is 2. The number of rotatable bonds is 5. The van der Waals surface area contributed by atoms with E-state index >= 15 is 0 Å². The van der Waals surface area contributed by atoms with Crippen LogP contribution in [0.2, 0.25) is 0 Å². The normalized spacial score (nSPS) is 10.2. The van der Waals surface area contributed by atoms with Gasteiger partial charge in [0.2, 0.25) is 0 Å². The summed E-state index contributed by atoms with van der Waals surface area (Å²) in [6, 6.07) is 9.91. The molecule has 20 heavy (non-hydrogen) atoms. The first-order chi connectivity index (χ1) is 9.60. The van der Waals surface area contributed by atoms with Gasteiger partial charge < -0.3 is 9.30 Å². The average Bonchev–Trinajstić information content (AvgIpc) is 2.46. The van der Waals surface area contributed by atoms with Crippen molar-refractivity contribution in [3.8, 4) is 5.75 Å². The molecule has 0 spiro atoms. The predicted molar refractivity (Wildman–Crippen MR) is 74.1 cm³/mol. The van der Waals surface area contributed by atoms with E-state index in [-0.39, 0.29) is 11.2 Å². The van der Waals surface area contributed by atoms with Gasteiger partial charge in [-0.1, -0.05) is 12.1 Å². The summed E-state index contributed by atoms with van der Waals surface area (Å²) in [4.78, 5) is 21.8. The fraction of sp³-hybridized carbons (Fsp3) is 0.214. The van der Waals surface area contributed by atoms with Crippen molar-refractivity contribution >= 4 is 5.69 Å². The fourth-order valence-corrected chi connectivity index (χ4v) is 1.84. The Morgan fingerprint density at radius 2 is 1.90 bits per heavy atom. The molecule has 2 rings (SSSR count). The van der Waals surface area contributed by atoms with E-state index in [4.69, 9.17) is 4.74 Å². The van der Waals surface area contributed by atoms with Gasteiger partial charge in [-0.25, -0.2) is 0 Å². The standard InChI is InChI=1S/C14H14N2O4/c1-20-13-5-2-11(3-6-13)8-9-15-10-12(16(18)19)4-7-14(15)17/h2-7,10H,8-9H2,1H3. The number of benzene rings is 1. The summed E-state index contributed by atoms with van der Waals surface area (Å²) >= 11 is 0. The Morgan fingerprint density at radius 3 is 2.50 bits per heavy atom. The Bertz CT molecular complexity index is 662. The van der Waals surface area contributed by atoms with Crippen molar-refractivity contribution in [3.63, 3.8) is 0 Å². The maximum absolute atomic E-state index is 11.6. The number of aryl methyl sites for hydroxylation is 2. The zero-order chi connectivity index (χ0) is 14.5. The quantitative estimate of drug-likeness (QED) is 0.617. The van der Waals surface area contributed by atoms with Crippen LogP contribution in [0.1, 0.15) is 5.56 Å². The number of nitro groups is 1. The molecule has 104 valence electrons. The Hall–Kier alpha value is -2.63. The molecule has 0 amide bonds. The van der Waals surface area contributed by atoms with Gasteiger partial charge >= 0.3 is 0 Å². The molecule has 0 aliphatic rings. The lowest BCUT2D eigenvalue weighted by Gasteiger charge is -2.06. The molecule has 0 bridgehead atoms. The van der Waals surface area contributed by atoms with Crippen molar-refractivity contribution in [2.45, 2.75) is 13.0 Å². The minimum atomic E-state index is -0.511. The van der Waals surface area contributed by atoms with Gasteiger partial charge in [0, 0.05) is 18.7 Å². The molecule has 1 heterocycles. The molecule has 0 aliphatic heterocycles. The molecule has 0 aliphatic carbocycles. The van der Waals surface area contributed by atoms with Gasteiger partial charge in [-0.05, 0) is 24.1 Å². The molecule has 0 radical (unpaired) electrons. The van der Waals surface area contributed by atoms with E-state index in [1.165, 1.54) is 22.9 Å². The summed E-state index contributed by atoms with van der Waals surface area (Å²) in [7, 11) is 1.59. The van der Waals surface area contributed by atoms with E-state index in [9.17, 15) is 14.9 Å². The first-order valence-corrected chi connectivity index (χ1v) is 6.08. The fourth-order valence-electron chi connectivity index (χ4n) is 1.84. The van der Waals surface area contributed by atoms with Gasteiger partial charge in [-0.3, -0.25) is 14.9 Å². The lowest BCUT2D eigenvalue weighted by Crippen LogP contribution is -2.19. The lowest BCUT2D eigenvalue weighted by molar-refractivity contribution is -0.385. The summed E-state index contributed by atoms with van der Waals surface area (Å²) in [5.74, 6) is 0.765. The van der Waals surface area contributed by atoms with Crippen LogP contribution in [0.15, 0.2) is 47.4 Å². The molecule has 2 aromatic rings. The van der Waals surface area contributed by atoms with Gasteiger partial charge in [0.15, 0.2) is 0 Å². The molecule has 0 unspecified atom stereocenters. The Morgan fingerprint density at radius 1 is 1.20 bits per heavy atom. The maximum Gasteiger partial charge on any atom is 0.285 e. The monoisotopic (exact) mass is 274 g/mol. The van der Waals surface area contributed by atoms with Crippen molar-refractivity contribution in [2.75, 3.05) is 7.11 Å². The van der Waals surface area contributed by atoms with Gasteiger partial charge in [0.05, 0.1) is 18.2 Å². The highest BCUT2D eigenvalue weighted by molar-refractivity contribution is 5.28. The summed E-state index contributed by atoms with van der Waals surface area (Å²) in [5.41, 5.74) is 0.702. The third-order valence-electron chi connectivity index (χ3n) is 2.98. The first-order valence-electron chi connectivity index (χ1n) is 6.08. The summed E-state index contributed by atoms with van der Waals surface area (Å²) in [6.45, 7) is 0.396. The first kappa shape index (κ1) is 13.8. The predicted octanol–water partition coefficient (Wildman–Crippen LogP) is 2.01. The van der Waals surface area contributed by atoms with Crippen molar-refractivity contribution in [1.82, 2.24) is 4.57 Å². The number of hydrogen-bond donors (Lipinski definition) is 0. The maximum atomic E-state index is 11.6. The second-order valence-corrected chi connectivity index (χ2v) is 4.27. The third kappa shape index (κ3) is 3.23. The van der Waals surface area contributed by atoms with E-state index in [1.807, 2.05) is 24.3 Å². The number of pyridine rings is 1. The highest BCUT2D eigenvalue weighted by Crippen LogP contribution is 2.12. The summed E-state index contributed by atoms with van der Waals surface area (Å²) in [5, 5.41) is 10.7. The van der Waals surface area contributed by atoms with E-state index in [1.54, 1.807) is 7.11 Å². The average molecular weight is 274 g/mol. The number of methoxy groups -OCH3 is 1. The van der Waals surface area contributed by atoms with Crippen molar-refractivity contribution in [3.05, 3.63) is 68.6 Å². The molecular weight excluding hydrogens is 260 g/mol. The van der Waals surface area contributed by atoms with E-state index in [0.29, 0.717) is 13.0 Å². The zero-order valence-corrected chi connectivity index (χ0v) is 11.0. The minimum absolute atomic E-state index is 0.0840. The number of hydrogen-bond acceptors (Lipinski definition) is 4. The van der Waals surface area contributed by atoms with Gasteiger partial charge in [-0.15, -0.1) is 0 Å². The third-order valence-corrected chi connectivity index (χ3v) is 2.98. The van der Waals surface area contributed by atoms with Crippen molar-refractivity contribution in [2.24, 2.45) is 0 Å². The van der Waals surface area contributed by atoms with Crippen LogP contribution in [0.4, 0.5) is 5.69 Å². The SMILES string of the molecule is COc1ccc(CCn2cc([N+](=O)[O-])ccc2=O)cc1. The molecule has 0 fully saturated rings. The molecule has 0 saturated carbocycles. The summed E-state index contributed by atoms with van der Waals surface area (Å²) in [6.07, 6.45) is 1.89. The van der Waals surface area contributed by atoms with E-state index in [0.717, 1.165) is 11.3 Å². The molecule has 0 N–H and O–H groups in total. The number of aromatic nitrogens is 1. The van der Waals surface area contributed by atoms with Crippen LogP contribution >= 0.6 is 0 Å². The van der Waals surface area contributed by atoms with E-state index in [2.05, 4.69) is 0 Å². The smallest absolute Gasteiger partial charge is 0.285 e. The molecule has 6 heteroatoms. The number of ether oxygens (including phenoxy) is 1. The second kappa shape index (κ2) is 6.01. The van der Waals surface area contributed by atoms with E-state index < -0.39 is 4.92 Å². The zero-order valence-electron chi connectivity index (χ0n) is 11.0. The molecule has 0 saturated heterocycles. The Balaban J connectivity index is 2.11. The van der Waals surface area contributed by atoms with Crippen LogP contribution in [-0.4, -0.2) is 16.6 Å². The lowest BCUT2D eigenvalue weighted by atomic mass is 10.1. The molecular formula is C14H14N2O4. The highest BCUT2D eigenvalue weighted by Gasteiger charge is 2.07. The van der Waals surface area contributed by atoms with Crippen LogP contribution < -0.4 is 10.3 Å². The Kier molecular flexibility index (Phi) is 4.14. The Labute approximate surface area is 115 Å². The van der Waals surface area contributed by atoms with Crippen LogP contribution in [0.5, 0.6) is 5.75 Å². The molecule has 1 aromatic heterocycles. The minimum Gasteiger partial charge on any atom is -0.497 e. The molecule has 6 nitrogen and oxygen atoms in total. The van der Waals surface area contributed by atoms with Gasteiger partial charge in [0.25, 0.3) is 11.2 Å². The topological polar surface area (TPSA) is 74.4 Å². The largest absolute Gasteiger partial charge is 0.497 e. The molecule has 1 aromatic carbocycles.